The van der Waals surface area contributed by atoms with Gasteiger partial charge in [-0.05, 0) is 30.4 Å². The Morgan fingerprint density at radius 3 is 2.82 bits per heavy atom. The number of aryl methyl sites for hydroxylation is 1. The Labute approximate surface area is 109 Å². The molecule has 0 radical (unpaired) electrons. The van der Waals surface area contributed by atoms with E-state index in [9.17, 15) is 4.79 Å². The summed E-state index contributed by atoms with van der Waals surface area (Å²) in [4.78, 5) is 12.7. The largest absolute Gasteiger partial charge is 0.315 e. The Bertz CT molecular complexity index is 559. The van der Waals surface area contributed by atoms with Gasteiger partial charge in [-0.25, -0.2) is 0 Å². The van der Waals surface area contributed by atoms with Crippen LogP contribution >= 0.6 is 15.9 Å². The number of alkyl halides is 1. The molecule has 1 aromatic carbocycles. The SMILES string of the molecule is CC(Br)CCCn1ccc2ccccc2c1=O. The van der Waals surface area contributed by atoms with Gasteiger partial charge in [0.15, 0.2) is 0 Å². The monoisotopic (exact) mass is 293 g/mol. The minimum Gasteiger partial charge on any atom is -0.315 e. The zero-order chi connectivity index (χ0) is 12.3. The molecule has 2 aromatic rings. The van der Waals surface area contributed by atoms with Crippen LogP contribution in [0.25, 0.3) is 10.8 Å². The van der Waals surface area contributed by atoms with E-state index in [1.54, 1.807) is 4.57 Å². The molecule has 0 saturated carbocycles. The van der Waals surface area contributed by atoms with E-state index < -0.39 is 0 Å². The van der Waals surface area contributed by atoms with Crippen LogP contribution < -0.4 is 5.56 Å². The molecule has 0 saturated heterocycles. The number of hydrogen-bond donors (Lipinski definition) is 0. The van der Waals surface area contributed by atoms with Crippen molar-refractivity contribution in [1.29, 1.82) is 0 Å². The van der Waals surface area contributed by atoms with Crippen molar-refractivity contribution < 1.29 is 0 Å². The van der Waals surface area contributed by atoms with Crippen molar-refractivity contribution in [3.05, 3.63) is 46.9 Å². The maximum atomic E-state index is 12.2. The van der Waals surface area contributed by atoms with Crippen molar-refractivity contribution in [2.45, 2.75) is 31.1 Å². The van der Waals surface area contributed by atoms with Gasteiger partial charge in [-0.3, -0.25) is 4.79 Å². The number of aromatic nitrogens is 1. The summed E-state index contributed by atoms with van der Waals surface area (Å²) in [5, 5.41) is 1.82. The normalized spacial score (nSPS) is 12.8. The molecule has 0 aliphatic carbocycles. The number of rotatable bonds is 4. The fourth-order valence-electron chi connectivity index (χ4n) is 1.95. The lowest BCUT2D eigenvalue weighted by Gasteiger charge is -2.07. The summed E-state index contributed by atoms with van der Waals surface area (Å²) in [6, 6.07) is 9.74. The van der Waals surface area contributed by atoms with Crippen molar-refractivity contribution in [3.63, 3.8) is 0 Å². The van der Waals surface area contributed by atoms with Crippen LogP contribution in [0.4, 0.5) is 0 Å². The van der Waals surface area contributed by atoms with E-state index in [0.29, 0.717) is 4.83 Å². The molecular weight excluding hydrogens is 278 g/mol. The molecule has 90 valence electrons. The van der Waals surface area contributed by atoms with E-state index in [0.717, 1.165) is 30.2 Å². The Hall–Kier alpha value is -1.09. The van der Waals surface area contributed by atoms with Gasteiger partial charge >= 0.3 is 0 Å². The van der Waals surface area contributed by atoms with E-state index in [1.807, 2.05) is 36.5 Å². The first kappa shape index (κ1) is 12.4. The number of halogens is 1. The number of pyridine rings is 1. The molecule has 0 aliphatic rings. The van der Waals surface area contributed by atoms with Gasteiger partial charge in [0.25, 0.3) is 5.56 Å². The first-order chi connectivity index (χ1) is 8.18. The topological polar surface area (TPSA) is 22.0 Å². The predicted molar refractivity (Wildman–Crippen MR) is 75.8 cm³/mol. The Kier molecular flexibility index (Phi) is 4.00. The second-order valence-corrected chi connectivity index (χ2v) is 5.89. The summed E-state index contributed by atoms with van der Waals surface area (Å²) in [5.74, 6) is 0. The number of benzene rings is 1. The standard InChI is InChI=1S/C14H16BrNO/c1-11(15)5-4-9-16-10-8-12-6-2-3-7-13(12)14(16)17/h2-3,6-8,10-11H,4-5,9H2,1H3. The summed E-state index contributed by atoms with van der Waals surface area (Å²) >= 11 is 3.52. The minimum absolute atomic E-state index is 0.116. The number of hydrogen-bond acceptors (Lipinski definition) is 1. The van der Waals surface area contributed by atoms with Crippen LogP contribution in [0.1, 0.15) is 19.8 Å². The molecule has 0 spiro atoms. The van der Waals surface area contributed by atoms with Gasteiger partial charge in [0.1, 0.15) is 0 Å². The maximum absolute atomic E-state index is 12.2. The van der Waals surface area contributed by atoms with Gasteiger partial charge in [0.05, 0.1) is 0 Å². The molecule has 0 aliphatic heterocycles. The van der Waals surface area contributed by atoms with E-state index >= 15 is 0 Å². The van der Waals surface area contributed by atoms with E-state index in [4.69, 9.17) is 0 Å². The third kappa shape index (κ3) is 2.97. The van der Waals surface area contributed by atoms with Gasteiger partial charge in [0.2, 0.25) is 0 Å². The predicted octanol–water partition coefficient (Wildman–Crippen LogP) is 3.57. The first-order valence-corrected chi connectivity index (χ1v) is 6.82. The van der Waals surface area contributed by atoms with Crippen molar-refractivity contribution in [2.24, 2.45) is 0 Å². The minimum atomic E-state index is 0.116. The third-order valence-electron chi connectivity index (χ3n) is 2.89. The molecule has 2 rings (SSSR count). The van der Waals surface area contributed by atoms with Crippen LogP contribution in [-0.4, -0.2) is 9.39 Å². The van der Waals surface area contributed by atoms with E-state index in [-0.39, 0.29) is 5.56 Å². The van der Waals surface area contributed by atoms with Gasteiger partial charge < -0.3 is 4.57 Å². The smallest absolute Gasteiger partial charge is 0.258 e. The molecule has 1 unspecified atom stereocenters. The zero-order valence-electron chi connectivity index (χ0n) is 9.90. The Morgan fingerprint density at radius 2 is 2.06 bits per heavy atom. The lowest BCUT2D eigenvalue weighted by atomic mass is 10.2. The Balaban J connectivity index is 2.24. The second kappa shape index (κ2) is 5.50. The molecule has 0 amide bonds. The summed E-state index contributed by atoms with van der Waals surface area (Å²) in [6.07, 6.45) is 3.99. The molecule has 0 bridgehead atoms. The van der Waals surface area contributed by atoms with Gasteiger partial charge in [-0.1, -0.05) is 41.1 Å². The van der Waals surface area contributed by atoms with Crippen LogP contribution in [0, 0.1) is 0 Å². The van der Waals surface area contributed by atoms with Crippen LogP contribution in [0.2, 0.25) is 0 Å². The van der Waals surface area contributed by atoms with Crippen LogP contribution in [0.3, 0.4) is 0 Å². The molecular formula is C14H16BrNO. The lowest BCUT2D eigenvalue weighted by molar-refractivity contribution is 0.598. The highest BCUT2D eigenvalue weighted by molar-refractivity contribution is 9.09. The molecule has 0 fully saturated rings. The summed E-state index contributed by atoms with van der Waals surface area (Å²) in [7, 11) is 0. The van der Waals surface area contributed by atoms with Crippen molar-refractivity contribution in [2.75, 3.05) is 0 Å². The van der Waals surface area contributed by atoms with Gasteiger partial charge in [0, 0.05) is 23.0 Å². The van der Waals surface area contributed by atoms with Gasteiger partial charge in [-0.15, -0.1) is 0 Å². The first-order valence-electron chi connectivity index (χ1n) is 5.91. The molecule has 3 heteroatoms. The zero-order valence-corrected chi connectivity index (χ0v) is 11.5. The molecule has 17 heavy (non-hydrogen) atoms. The van der Waals surface area contributed by atoms with Crippen LogP contribution in [-0.2, 0) is 6.54 Å². The fourth-order valence-corrected chi connectivity index (χ4v) is 2.27. The fraction of sp³-hybridized carbons (Fsp3) is 0.357. The number of fused-ring (bicyclic) bond motifs is 1. The van der Waals surface area contributed by atoms with Crippen molar-refractivity contribution in [3.8, 4) is 0 Å². The maximum Gasteiger partial charge on any atom is 0.258 e. The molecule has 1 heterocycles. The van der Waals surface area contributed by atoms with Crippen molar-refractivity contribution >= 4 is 26.7 Å². The van der Waals surface area contributed by atoms with Crippen molar-refractivity contribution in [1.82, 2.24) is 4.57 Å². The molecule has 1 aromatic heterocycles. The third-order valence-corrected chi connectivity index (χ3v) is 3.34. The highest BCUT2D eigenvalue weighted by Crippen LogP contribution is 2.10. The second-order valence-electron chi connectivity index (χ2n) is 4.32. The van der Waals surface area contributed by atoms with Crippen LogP contribution in [0.15, 0.2) is 41.3 Å². The lowest BCUT2D eigenvalue weighted by Crippen LogP contribution is -2.19. The highest BCUT2D eigenvalue weighted by atomic mass is 79.9. The molecule has 2 nitrogen and oxygen atoms in total. The molecule has 0 N–H and O–H groups in total. The molecule has 1 atom stereocenters. The number of nitrogens with zero attached hydrogens (tertiary/aromatic N) is 1. The average Bonchev–Trinajstić information content (AvgIpc) is 2.32. The van der Waals surface area contributed by atoms with E-state index in [2.05, 4.69) is 22.9 Å². The van der Waals surface area contributed by atoms with E-state index in [1.165, 1.54) is 0 Å². The summed E-state index contributed by atoms with van der Waals surface area (Å²) in [5.41, 5.74) is 0.116. The summed E-state index contributed by atoms with van der Waals surface area (Å²) in [6.45, 7) is 2.92. The highest BCUT2D eigenvalue weighted by Gasteiger charge is 2.02. The van der Waals surface area contributed by atoms with Crippen LogP contribution in [0.5, 0.6) is 0 Å². The quantitative estimate of drug-likeness (QED) is 0.790. The average molecular weight is 294 g/mol. The van der Waals surface area contributed by atoms with Gasteiger partial charge in [-0.2, -0.15) is 0 Å². The Morgan fingerprint density at radius 1 is 1.29 bits per heavy atom. The summed E-state index contributed by atoms with van der Waals surface area (Å²) < 4.78 is 1.80.